The molecule has 5 aromatic rings. The first kappa shape index (κ1) is 32.6. The number of benzene rings is 5. The van der Waals surface area contributed by atoms with Crippen molar-refractivity contribution >= 4 is 35.9 Å². The van der Waals surface area contributed by atoms with Gasteiger partial charge >= 0.3 is 7.60 Å². The molecule has 0 saturated carbocycles. The van der Waals surface area contributed by atoms with Crippen molar-refractivity contribution in [2.24, 2.45) is 0 Å². The maximum absolute atomic E-state index is 13.4. The molecule has 5 aromatic carbocycles. The van der Waals surface area contributed by atoms with Crippen LogP contribution >= 0.6 is 19.8 Å². The fourth-order valence-electron chi connectivity index (χ4n) is 6.13. The molecular weight excluding hydrogens is 634 g/mol. The van der Waals surface area contributed by atoms with Gasteiger partial charge in [-0.1, -0.05) is 78.9 Å². The van der Waals surface area contributed by atoms with E-state index >= 15 is 0 Å². The number of aliphatic hydroxyl groups excluding tert-OH is 1. The number of rotatable bonds is 10. The molecule has 3 atom stereocenters. The Morgan fingerprint density at radius 3 is 2.04 bits per heavy atom. The van der Waals surface area contributed by atoms with E-state index in [2.05, 4.69) is 17.4 Å². The van der Waals surface area contributed by atoms with Crippen LogP contribution in [-0.4, -0.2) is 31.2 Å². The topological polar surface area (TPSA) is 113 Å². The number of hydrogen-bond donors (Lipinski definition) is 5. The summed E-state index contributed by atoms with van der Waals surface area (Å²) in [6, 6.07) is 34.8. The number of nitrogens with one attached hydrogen (secondary N) is 1. The summed E-state index contributed by atoms with van der Waals surface area (Å²) in [4.78, 5) is 21.0. The van der Waals surface area contributed by atoms with Gasteiger partial charge in [0.1, 0.15) is 11.6 Å². The van der Waals surface area contributed by atoms with Crippen molar-refractivity contribution in [1.82, 2.24) is 5.32 Å². The number of hydrogen-bond acceptors (Lipinski definition) is 4. The molecule has 1 fully saturated rings. The summed E-state index contributed by atoms with van der Waals surface area (Å²) in [5, 5.41) is 26.1. The van der Waals surface area contributed by atoms with E-state index in [1.807, 2.05) is 59.5 Å². The molecule has 0 aromatic heterocycles. The van der Waals surface area contributed by atoms with Gasteiger partial charge in [-0.15, -0.1) is 0 Å². The van der Waals surface area contributed by atoms with Crippen LogP contribution in [0.25, 0.3) is 22.3 Å². The average molecular weight is 669 g/mol. The predicted octanol–water partition coefficient (Wildman–Crippen LogP) is 7.38. The lowest BCUT2D eigenvalue weighted by molar-refractivity contribution is 0.162. The highest BCUT2D eigenvalue weighted by atomic mass is 32.1. The molecular formula is C37H34FN2O5PS. The molecule has 1 aliphatic rings. The summed E-state index contributed by atoms with van der Waals surface area (Å²) in [5.74, 6) is -0.298. The molecule has 0 aliphatic carbocycles. The molecule has 10 heteroatoms. The Morgan fingerprint density at radius 1 is 0.809 bits per heavy atom. The normalized spacial score (nSPS) is 17.0. The van der Waals surface area contributed by atoms with E-state index in [0.717, 1.165) is 16.8 Å². The quantitative estimate of drug-likeness (QED) is 0.0775. The van der Waals surface area contributed by atoms with E-state index < -0.39 is 13.7 Å². The minimum absolute atomic E-state index is 0.0558. The Kier molecular flexibility index (Phi) is 9.55. The molecule has 0 radical (unpaired) electrons. The van der Waals surface area contributed by atoms with Gasteiger partial charge < -0.3 is 30.2 Å². The molecule has 47 heavy (non-hydrogen) atoms. The lowest BCUT2D eigenvalue weighted by atomic mass is 9.91. The molecule has 1 aliphatic heterocycles. The summed E-state index contributed by atoms with van der Waals surface area (Å²) in [6.07, 6.45) is 0.992. The Morgan fingerprint density at radius 2 is 1.40 bits per heavy atom. The van der Waals surface area contributed by atoms with Crippen LogP contribution in [0, 0.1) is 5.82 Å². The Balaban J connectivity index is 1.29. The monoisotopic (exact) mass is 668 g/mol. The Bertz CT molecular complexity index is 1900. The van der Waals surface area contributed by atoms with Crippen LogP contribution in [-0.2, 0) is 4.57 Å². The third kappa shape index (κ3) is 7.30. The lowest BCUT2D eigenvalue weighted by Crippen LogP contribution is -2.29. The second-order valence-corrected chi connectivity index (χ2v) is 13.6. The zero-order chi connectivity index (χ0) is 33.1. The zero-order valence-corrected chi connectivity index (χ0v) is 27.0. The summed E-state index contributed by atoms with van der Waals surface area (Å²) >= 11 is 5.87. The van der Waals surface area contributed by atoms with Gasteiger partial charge in [-0.05, 0) is 102 Å². The maximum atomic E-state index is 13.4. The lowest BCUT2D eigenvalue weighted by Gasteiger charge is -2.29. The largest absolute Gasteiger partial charge is 0.508 e. The van der Waals surface area contributed by atoms with Crippen LogP contribution in [0.3, 0.4) is 0 Å². The van der Waals surface area contributed by atoms with Gasteiger partial charge in [0, 0.05) is 11.3 Å². The first-order chi connectivity index (χ1) is 22.6. The zero-order valence-electron chi connectivity index (χ0n) is 25.3. The van der Waals surface area contributed by atoms with Crippen LogP contribution in [0.1, 0.15) is 42.5 Å². The van der Waals surface area contributed by atoms with Gasteiger partial charge in [0.25, 0.3) is 0 Å². The SMILES string of the molecule is O=P(O)(O)c1ccc(-c2ccc([C@@H]3[C@@H](CCCC(O)c4ccc(F)cc4)NC(=S)N3c3ccc(-c4ccccc4)cc3)c(O)c2)cc1. The molecule has 7 nitrogen and oxygen atoms in total. The third-order valence-corrected chi connectivity index (χ3v) is 9.86. The molecule has 6 rings (SSSR count). The van der Waals surface area contributed by atoms with Gasteiger partial charge in [0.15, 0.2) is 5.11 Å². The number of nitrogens with zero attached hydrogens (tertiary/aromatic N) is 1. The van der Waals surface area contributed by atoms with Gasteiger partial charge in [-0.3, -0.25) is 4.57 Å². The van der Waals surface area contributed by atoms with Gasteiger partial charge in [-0.25, -0.2) is 4.39 Å². The van der Waals surface area contributed by atoms with Crippen molar-refractivity contribution in [3.8, 4) is 28.0 Å². The van der Waals surface area contributed by atoms with Crippen molar-refractivity contribution in [3.05, 3.63) is 138 Å². The predicted molar refractivity (Wildman–Crippen MR) is 187 cm³/mol. The molecule has 5 N–H and O–H groups in total. The molecule has 1 unspecified atom stereocenters. The maximum Gasteiger partial charge on any atom is 0.356 e. The van der Waals surface area contributed by atoms with Crippen molar-refractivity contribution in [2.45, 2.75) is 37.5 Å². The van der Waals surface area contributed by atoms with Crippen molar-refractivity contribution < 1.29 is 29.0 Å². The van der Waals surface area contributed by atoms with Gasteiger partial charge in [-0.2, -0.15) is 0 Å². The standard InChI is InChI=1S/C37H34FN2O5PS/c38-29-16-9-27(10-17-29)34(41)8-4-7-33-36(32-22-15-28(23-35(32)42)26-13-20-31(21-14-26)46(43,44)45)40(37(47)39-33)30-18-11-25(12-19-30)24-5-2-1-3-6-24/h1-3,5-6,9-23,33-34,36,41-42H,4,7-8H2,(H,39,47)(H2,43,44,45)/t33-,34?,36-/m1/s1. The molecule has 240 valence electrons. The van der Waals surface area contributed by atoms with Crippen molar-refractivity contribution in [2.75, 3.05) is 4.90 Å². The number of thiocarbonyl (C=S) groups is 1. The minimum atomic E-state index is -4.37. The Hall–Kier alpha value is -4.37. The second-order valence-electron chi connectivity index (χ2n) is 11.6. The highest BCUT2D eigenvalue weighted by Crippen LogP contribution is 2.42. The van der Waals surface area contributed by atoms with Crippen LogP contribution in [0.5, 0.6) is 5.75 Å². The van der Waals surface area contributed by atoms with E-state index in [9.17, 15) is 29.0 Å². The minimum Gasteiger partial charge on any atom is -0.508 e. The number of halogens is 1. The van der Waals surface area contributed by atoms with Crippen LogP contribution in [0.4, 0.5) is 10.1 Å². The van der Waals surface area contributed by atoms with E-state index in [4.69, 9.17) is 12.2 Å². The van der Waals surface area contributed by atoms with E-state index in [-0.39, 0.29) is 29.0 Å². The van der Waals surface area contributed by atoms with E-state index in [1.54, 1.807) is 30.3 Å². The number of anilines is 1. The molecule has 1 saturated heterocycles. The summed E-state index contributed by atoms with van der Waals surface area (Å²) in [5.41, 5.74) is 5.71. The number of phenols is 1. The fraction of sp³-hybridized carbons (Fsp3) is 0.162. The van der Waals surface area contributed by atoms with Crippen LogP contribution in [0.2, 0.25) is 0 Å². The summed E-state index contributed by atoms with van der Waals surface area (Å²) < 4.78 is 25.0. The smallest absolute Gasteiger partial charge is 0.356 e. The Labute approximate surface area is 278 Å². The first-order valence-electron chi connectivity index (χ1n) is 15.3. The number of phenolic OH excluding ortho intramolecular Hbond substituents is 1. The van der Waals surface area contributed by atoms with Crippen molar-refractivity contribution in [1.29, 1.82) is 0 Å². The van der Waals surface area contributed by atoms with E-state index in [1.165, 1.54) is 24.3 Å². The molecule has 0 bridgehead atoms. The average Bonchev–Trinajstić information content (AvgIpc) is 3.40. The summed E-state index contributed by atoms with van der Waals surface area (Å²) in [6.45, 7) is 0. The van der Waals surface area contributed by atoms with E-state index in [0.29, 0.717) is 46.6 Å². The number of aromatic hydroxyl groups is 1. The molecule has 0 spiro atoms. The highest BCUT2D eigenvalue weighted by Gasteiger charge is 2.40. The highest BCUT2D eigenvalue weighted by molar-refractivity contribution is 7.80. The fourth-order valence-corrected chi connectivity index (χ4v) is 7.03. The van der Waals surface area contributed by atoms with Crippen molar-refractivity contribution in [3.63, 3.8) is 0 Å². The second kappa shape index (κ2) is 13.8. The molecule has 1 heterocycles. The number of aliphatic hydroxyl groups is 1. The van der Waals surface area contributed by atoms with Crippen LogP contribution in [0.15, 0.2) is 121 Å². The van der Waals surface area contributed by atoms with Gasteiger partial charge in [0.2, 0.25) is 0 Å². The van der Waals surface area contributed by atoms with Gasteiger partial charge in [0.05, 0.1) is 23.5 Å². The van der Waals surface area contributed by atoms with Crippen LogP contribution < -0.4 is 15.5 Å². The third-order valence-electron chi connectivity index (χ3n) is 8.57. The first-order valence-corrected chi connectivity index (χ1v) is 17.3. The summed E-state index contributed by atoms with van der Waals surface area (Å²) in [7, 11) is -4.37. The molecule has 0 amide bonds.